The van der Waals surface area contributed by atoms with Gasteiger partial charge in [-0.15, -0.1) is 0 Å². The van der Waals surface area contributed by atoms with Gasteiger partial charge in [0, 0.05) is 26.7 Å². The normalized spacial score (nSPS) is 13.7. The summed E-state index contributed by atoms with van der Waals surface area (Å²) in [5.74, 6) is 0. The summed E-state index contributed by atoms with van der Waals surface area (Å²) in [6, 6.07) is 41.9. The monoisotopic (exact) mass is 535 g/mol. The van der Waals surface area contributed by atoms with Crippen LogP contribution in [-0.2, 0) is 0 Å². The molecule has 1 N–H and O–H groups in total. The van der Waals surface area contributed by atoms with E-state index in [0.29, 0.717) is 0 Å². The zero-order valence-electron chi connectivity index (χ0n) is 21.8. The minimum absolute atomic E-state index is 0.759. The van der Waals surface area contributed by atoms with Crippen molar-refractivity contribution in [3.63, 3.8) is 0 Å². The van der Waals surface area contributed by atoms with Gasteiger partial charge in [-0.1, -0.05) is 116 Å². The van der Waals surface area contributed by atoms with Crippen LogP contribution in [0, 0.1) is 0 Å². The molecule has 0 atom stereocenters. The van der Waals surface area contributed by atoms with E-state index in [1.54, 1.807) is 5.19 Å². The standard InChI is InChI=1S/C36H26ClNSi/c1-39(2)33-10-6-4-8-27(33)29-20-19-28-30(24-13-11-22(12-14-24)23-15-17-25(37)18-16-23)21-31-26-7-3-5-9-32(26)38-35(31)34(28)36(29)39/h3-21,38H,1-2H3. The first-order valence-corrected chi connectivity index (χ1v) is 16.9. The van der Waals surface area contributed by atoms with Crippen LogP contribution in [-0.4, -0.2) is 13.1 Å². The number of nitrogens with one attached hydrogen (secondary N) is 1. The highest BCUT2D eigenvalue weighted by atomic mass is 35.5. The zero-order chi connectivity index (χ0) is 26.3. The van der Waals surface area contributed by atoms with Crippen LogP contribution in [0.2, 0.25) is 18.1 Å². The van der Waals surface area contributed by atoms with E-state index in [1.165, 1.54) is 71.1 Å². The van der Waals surface area contributed by atoms with Crippen molar-refractivity contribution < 1.29 is 0 Å². The van der Waals surface area contributed by atoms with E-state index in [-0.39, 0.29) is 0 Å². The molecule has 6 aromatic carbocycles. The molecular formula is C36H26ClNSi. The third-order valence-corrected chi connectivity index (χ3v) is 12.5. The van der Waals surface area contributed by atoms with Crippen molar-refractivity contribution in [3.8, 4) is 33.4 Å². The molecule has 0 aliphatic carbocycles. The average molecular weight is 536 g/mol. The number of H-pyrrole nitrogens is 1. The molecule has 0 unspecified atom stereocenters. The number of para-hydroxylation sites is 1. The van der Waals surface area contributed by atoms with E-state index < -0.39 is 8.07 Å². The van der Waals surface area contributed by atoms with Crippen molar-refractivity contribution in [1.29, 1.82) is 0 Å². The van der Waals surface area contributed by atoms with E-state index >= 15 is 0 Å². The minimum atomic E-state index is -1.92. The van der Waals surface area contributed by atoms with Crippen molar-refractivity contribution in [1.82, 2.24) is 4.98 Å². The average Bonchev–Trinajstić information content (AvgIpc) is 3.46. The second kappa shape index (κ2) is 8.19. The molecule has 0 amide bonds. The molecule has 0 radical (unpaired) electrons. The summed E-state index contributed by atoms with van der Waals surface area (Å²) in [7, 11) is -1.92. The van der Waals surface area contributed by atoms with Gasteiger partial charge >= 0.3 is 0 Å². The van der Waals surface area contributed by atoms with Gasteiger partial charge in [-0.3, -0.25) is 0 Å². The van der Waals surface area contributed by atoms with Gasteiger partial charge in [-0.2, -0.15) is 0 Å². The molecule has 1 aromatic heterocycles. The fourth-order valence-corrected chi connectivity index (χ4v) is 10.4. The fourth-order valence-electron chi connectivity index (χ4n) is 6.81. The minimum Gasteiger partial charge on any atom is -0.354 e. The van der Waals surface area contributed by atoms with Crippen LogP contribution in [0.15, 0.2) is 115 Å². The van der Waals surface area contributed by atoms with Gasteiger partial charge in [0.1, 0.15) is 8.07 Å². The Kier molecular flexibility index (Phi) is 4.80. The summed E-state index contributed by atoms with van der Waals surface area (Å²) in [6.45, 7) is 5.03. The Labute approximate surface area is 233 Å². The van der Waals surface area contributed by atoms with Gasteiger partial charge in [-0.25, -0.2) is 0 Å². The Morgan fingerprint density at radius 3 is 2.03 bits per heavy atom. The van der Waals surface area contributed by atoms with E-state index in [4.69, 9.17) is 11.6 Å². The summed E-state index contributed by atoms with van der Waals surface area (Å²) in [6.07, 6.45) is 0. The van der Waals surface area contributed by atoms with E-state index in [0.717, 1.165) is 5.02 Å². The number of benzene rings is 6. The molecule has 39 heavy (non-hydrogen) atoms. The first-order chi connectivity index (χ1) is 19.0. The largest absolute Gasteiger partial charge is 0.354 e. The third kappa shape index (κ3) is 3.25. The van der Waals surface area contributed by atoms with Gasteiger partial charge in [0.2, 0.25) is 0 Å². The van der Waals surface area contributed by atoms with E-state index in [2.05, 4.69) is 121 Å². The van der Waals surface area contributed by atoms with Gasteiger partial charge in [0.05, 0.1) is 5.52 Å². The molecule has 1 nitrogen and oxygen atoms in total. The lowest BCUT2D eigenvalue weighted by atomic mass is 9.92. The molecule has 3 heteroatoms. The van der Waals surface area contributed by atoms with Crippen LogP contribution in [0.3, 0.4) is 0 Å². The first-order valence-electron chi connectivity index (χ1n) is 13.5. The van der Waals surface area contributed by atoms with E-state index in [9.17, 15) is 0 Å². The van der Waals surface area contributed by atoms with Gasteiger partial charge < -0.3 is 4.98 Å². The lowest BCUT2D eigenvalue weighted by Crippen LogP contribution is -2.49. The van der Waals surface area contributed by atoms with Crippen molar-refractivity contribution in [3.05, 3.63) is 120 Å². The number of hydrogen-bond acceptors (Lipinski definition) is 0. The molecule has 7 aromatic rings. The third-order valence-electron chi connectivity index (χ3n) is 8.67. The SMILES string of the molecule is C[Si]1(C)c2ccccc2-c2ccc3c(-c4ccc(-c5ccc(Cl)cc5)cc4)cc4c5ccccc5[nH]c4c3c21. The molecule has 0 fully saturated rings. The van der Waals surface area contributed by atoms with Crippen LogP contribution in [0.5, 0.6) is 0 Å². The Bertz CT molecular complexity index is 2080. The number of aromatic amines is 1. The van der Waals surface area contributed by atoms with Crippen LogP contribution in [0.25, 0.3) is 66.0 Å². The van der Waals surface area contributed by atoms with Crippen LogP contribution < -0.4 is 10.4 Å². The molecule has 1 aliphatic heterocycles. The predicted molar refractivity (Wildman–Crippen MR) is 171 cm³/mol. The summed E-state index contributed by atoms with van der Waals surface area (Å²) in [4.78, 5) is 3.84. The Balaban J connectivity index is 1.45. The van der Waals surface area contributed by atoms with Gasteiger partial charge in [0.25, 0.3) is 0 Å². The highest BCUT2D eigenvalue weighted by molar-refractivity contribution is 7.05. The molecule has 0 saturated carbocycles. The highest BCUT2D eigenvalue weighted by Crippen LogP contribution is 2.41. The summed E-state index contributed by atoms with van der Waals surface area (Å²) in [5.41, 5.74) is 10.2. The maximum absolute atomic E-state index is 6.13. The Morgan fingerprint density at radius 2 is 1.23 bits per heavy atom. The number of halogens is 1. The van der Waals surface area contributed by atoms with Gasteiger partial charge in [0.15, 0.2) is 0 Å². The maximum Gasteiger partial charge on any atom is 0.114 e. The molecule has 186 valence electrons. The maximum atomic E-state index is 6.13. The van der Waals surface area contributed by atoms with Crippen molar-refractivity contribution in [2.45, 2.75) is 13.1 Å². The zero-order valence-corrected chi connectivity index (χ0v) is 23.6. The van der Waals surface area contributed by atoms with Crippen LogP contribution >= 0.6 is 11.6 Å². The lowest BCUT2D eigenvalue weighted by Gasteiger charge is -2.22. The summed E-state index contributed by atoms with van der Waals surface area (Å²) < 4.78 is 0. The van der Waals surface area contributed by atoms with Crippen molar-refractivity contribution >= 4 is 62.6 Å². The van der Waals surface area contributed by atoms with Crippen molar-refractivity contribution in [2.24, 2.45) is 0 Å². The topological polar surface area (TPSA) is 15.8 Å². The Morgan fingerprint density at radius 1 is 0.564 bits per heavy atom. The molecule has 0 saturated heterocycles. The Hall–Kier alpha value is -4.11. The van der Waals surface area contributed by atoms with Crippen LogP contribution in [0.1, 0.15) is 0 Å². The number of fused-ring (bicyclic) bond motifs is 9. The quantitative estimate of drug-likeness (QED) is 0.212. The molecule has 0 spiro atoms. The molecule has 8 rings (SSSR count). The second-order valence-corrected chi connectivity index (χ2v) is 15.9. The molecule has 1 aliphatic rings. The molecular weight excluding hydrogens is 510 g/mol. The fraction of sp³-hybridized carbons (Fsp3) is 0.0556. The van der Waals surface area contributed by atoms with E-state index in [1.807, 2.05) is 12.1 Å². The molecule has 0 bridgehead atoms. The smallest absolute Gasteiger partial charge is 0.114 e. The number of aromatic nitrogens is 1. The lowest BCUT2D eigenvalue weighted by molar-refractivity contribution is 1.56. The predicted octanol–water partition coefficient (Wildman–Crippen LogP) is 9.26. The molecule has 2 heterocycles. The number of rotatable bonds is 2. The van der Waals surface area contributed by atoms with Gasteiger partial charge in [-0.05, 0) is 73.4 Å². The highest BCUT2D eigenvalue weighted by Gasteiger charge is 2.39. The first kappa shape index (κ1) is 22.8. The summed E-state index contributed by atoms with van der Waals surface area (Å²) >= 11 is 6.13. The summed E-state index contributed by atoms with van der Waals surface area (Å²) in [5, 5.41) is 9.14. The van der Waals surface area contributed by atoms with Crippen molar-refractivity contribution in [2.75, 3.05) is 0 Å². The number of hydrogen-bond donors (Lipinski definition) is 1. The second-order valence-electron chi connectivity index (χ2n) is 11.2. The van der Waals surface area contributed by atoms with Crippen LogP contribution in [0.4, 0.5) is 0 Å².